The fraction of sp³-hybridized carbons (Fsp3) is 0.609. The molecular weight excluding hydrogens is 388 g/mol. The highest BCUT2D eigenvalue weighted by Gasteiger charge is 2.30. The molecule has 2 unspecified atom stereocenters. The van der Waals surface area contributed by atoms with Gasteiger partial charge in [-0.2, -0.15) is 0 Å². The third-order valence-corrected chi connectivity index (χ3v) is 4.92. The molecule has 0 amide bonds. The maximum absolute atomic E-state index is 12.8. The molecule has 0 N–H and O–H groups in total. The summed E-state index contributed by atoms with van der Waals surface area (Å²) in [4.78, 5) is 36.8. The summed E-state index contributed by atoms with van der Waals surface area (Å²) >= 11 is 1.20. The molecule has 0 aromatic heterocycles. The summed E-state index contributed by atoms with van der Waals surface area (Å²) in [7, 11) is 0. The topological polar surface area (TPSA) is 69.7 Å². The second kappa shape index (κ2) is 10.8. The minimum absolute atomic E-state index is 0.0195. The smallest absolute Gasteiger partial charge is 0.309 e. The zero-order valence-corrected chi connectivity index (χ0v) is 19.4. The fourth-order valence-corrected chi connectivity index (χ4v) is 3.80. The maximum atomic E-state index is 12.8. The van der Waals surface area contributed by atoms with Crippen molar-refractivity contribution in [3.63, 3.8) is 0 Å². The Bertz CT molecular complexity index is 685. The van der Waals surface area contributed by atoms with Gasteiger partial charge in [-0.05, 0) is 59.9 Å². The molecule has 1 aromatic rings. The number of carbonyl (C=O) groups is 3. The van der Waals surface area contributed by atoms with Crippen LogP contribution >= 0.6 is 11.8 Å². The molecule has 162 valence electrons. The van der Waals surface area contributed by atoms with Crippen molar-refractivity contribution in [1.29, 1.82) is 0 Å². The van der Waals surface area contributed by atoms with Crippen LogP contribution in [0.2, 0.25) is 0 Å². The molecule has 0 fully saturated rings. The van der Waals surface area contributed by atoms with Crippen molar-refractivity contribution in [2.24, 2.45) is 5.92 Å². The Kier molecular flexibility index (Phi) is 9.40. The van der Waals surface area contributed by atoms with Crippen LogP contribution in [0.25, 0.3) is 0 Å². The largest absolute Gasteiger partial charge is 0.460 e. The highest BCUT2D eigenvalue weighted by molar-refractivity contribution is 8.13. The molecule has 0 heterocycles. The molecule has 1 rings (SSSR count). The minimum atomic E-state index is -0.628. The van der Waals surface area contributed by atoms with E-state index in [2.05, 4.69) is 0 Å². The second-order valence-electron chi connectivity index (χ2n) is 9.10. The van der Waals surface area contributed by atoms with Gasteiger partial charge in [0.25, 0.3) is 0 Å². The fourth-order valence-electron chi connectivity index (χ4n) is 2.78. The minimum Gasteiger partial charge on any atom is -0.460 e. The number of hydrogen-bond donors (Lipinski definition) is 0. The number of thioether (sulfide) groups is 1. The summed E-state index contributed by atoms with van der Waals surface area (Å²) in [5, 5.41) is -0.209. The van der Waals surface area contributed by atoms with Gasteiger partial charge in [-0.3, -0.25) is 14.4 Å². The van der Waals surface area contributed by atoms with Crippen LogP contribution in [0.3, 0.4) is 0 Å². The molecule has 0 aliphatic heterocycles. The van der Waals surface area contributed by atoms with Crippen molar-refractivity contribution >= 4 is 28.8 Å². The van der Waals surface area contributed by atoms with E-state index in [0.29, 0.717) is 12.8 Å². The first-order valence-corrected chi connectivity index (χ1v) is 10.8. The molecule has 29 heavy (non-hydrogen) atoms. The van der Waals surface area contributed by atoms with Gasteiger partial charge in [-0.15, -0.1) is 0 Å². The van der Waals surface area contributed by atoms with E-state index in [1.807, 2.05) is 71.9 Å². The predicted molar refractivity (Wildman–Crippen MR) is 116 cm³/mol. The van der Waals surface area contributed by atoms with Crippen molar-refractivity contribution in [3.05, 3.63) is 35.9 Å². The van der Waals surface area contributed by atoms with E-state index in [1.54, 1.807) is 0 Å². The molecular formula is C23H34O5S. The lowest BCUT2D eigenvalue weighted by Crippen LogP contribution is -2.30. The maximum Gasteiger partial charge on any atom is 0.309 e. The highest BCUT2D eigenvalue weighted by Crippen LogP contribution is 2.37. The van der Waals surface area contributed by atoms with Crippen molar-refractivity contribution in [2.45, 2.75) is 84.2 Å². The summed E-state index contributed by atoms with van der Waals surface area (Å²) in [5.41, 5.74) is -0.231. The van der Waals surface area contributed by atoms with Crippen LogP contribution in [0.4, 0.5) is 0 Å². The first kappa shape index (κ1) is 25.2. The predicted octanol–water partition coefficient (Wildman–Crippen LogP) is 5.48. The van der Waals surface area contributed by atoms with Gasteiger partial charge < -0.3 is 9.47 Å². The molecule has 0 saturated carbocycles. The Morgan fingerprint density at radius 1 is 0.931 bits per heavy atom. The van der Waals surface area contributed by atoms with Crippen LogP contribution < -0.4 is 0 Å². The van der Waals surface area contributed by atoms with Gasteiger partial charge >= 0.3 is 11.9 Å². The molecule has 0 aliphatic rings. The average molecular weight is 423 g/mol. The van der Waals surface area contributed by atoms with Crippen LogP contribution in [0.15, 0.2) is 30.3 Å². The van der Waals surface area contributed by atoms with Crippen molar-refractivity contribution < 1.29 is 23.9 Å². The van der Waals surface area contributed by atoms with E-state index in [4.69, 9.17) is 9.47 Å². The average Bonchev–Trinajstić information content (AvgIpc) is 2.54. The molecule has 0 bridgehead atoms. The first-order valence-electron chi connectivity index (χ1n) is 9.94. The van der Waals surface area contributed by atoms with E-state index < -0.39 is 17.1 Å². The van der Waals surface area contributed by atoms with Gasteiger partial charge in [0, 0.05) is 18.6 Å². The van der Waals surface area contributed by atoms with E-state index in [9.17, 15) is 14.4 Å². The van der Waals surface area contributed by atoms with Gasteiger partial charge in [0.15, 0.2) is 5.12 Å². The van der Waals surface area contributed by atoms with Crippen LogP contribution in [-0.2, 0) is 23.9 Å². The summed E-state index contributed by atoms with van der Waals surface area (Å²) in [5.74, 6) is -1.22. The number of ether oxygens (including phenoxy) is 2. The monoisotopic (exact) mass is 422 g/mol. The number of benzene rings is 1. The SMILES string of the molecule is CC(=O)SC(CC(CCC(=O)OC(C)(C)C)C(=O)OC(C)(C)C)c1ccccc1. The molecule has 0 spiro atoms. The van der Waals surface area contributed by atoms with Gasteiger partial charge in [-0.25, -0.2) is 0 Å². The normalized spacial score (nSPS) is 14.0. The number of rotatable bonds is 8. The first-order chi connectivity index (χ1) is 13.3. The Morgan fingerprint density at radius 2 is 1.48 bits per heavy atom. The van der Waals surface area contributed by atoms with E-state index in [0.717, 1.165) is 5.56 Å². The van der Waals surface area contributed by atoms with Crippen LogP contribution in [0.5, 0.6) is 0 Å². The summed E-state index contributed by atoms with van der Waals surface area (Å²) in [6, 6.07) is 9.62. The standard InChI is InChI=1S/C23H34O5S/c1-16(24)29-19(17-11-9-8-10-12-17)15-18(21(26)28-23(5,6)7)13-14-20(25)27-22(2,3)4/h8-12,18-19H,13-15H2,1-7H3. The molecule has 2 atom stereocenters. The van der Waals surface area contributed by atoms with Gasteiger partial charge in [0.1, 0.15) is 11.2 Å². The van der Waals surface area contributed by atoms with Crippen LogP contribution in [-0.4, -0.2) is 28.3 Å². The van der Waals surface area contributed by atoms with Crippen molar-refractivity contribution in [1.82, 2.24) is 0 Å². The number of esters is 2. The third-order valence-electron chi connectivity index (χ3n) is 3.84. The molecule has 0 radical (unpaired) electrons. The van der Waals surface area contributed by atoms with E-state index in [1.165, 1.54) is 18.7 Å². The van der Waals surface area contributed by atoms with Gasteiger partial charge in [0.05, 0.1) is 5.92 Å². The van der Waals surface area contributed by atoms with Crippen LogP contribution in [0, 0.1) is 5.92 Å². The van der Waals surface area contributed by atoms with Crippen molar-refractivity contribution in [2.75, 3.05) is 0 Å². The van der Waals surface area contributed by atoms with Crippen LogP contribution in [0.1, 0.15) is 78.5 Å². The van der Waals surface area contributed by atoms with E-state index >= 15 is 0 Å². The summed E-state index contributed by atoms with van der Waals surface area (Å²) < 4.78 is 11.0. The number of hydrogen-bond acceptors (Lipinski definition) is 6. The molecule has 0 aliphatic carbocycles. The Morgan fingerprint density at radius 3 is 1.97 bits per heavy atom. The molecule has 1 aromatic carbocycles. The lowest BCUT2D eigenvalue weighted by molar-refractivity contribution is -0.161. The summed E-state index contributed by atoms with van der Waals surface area (Å²) in [6.07, 6.45) is 0.838. The zero-order valence-electron chi connectivity index (χ0n) is 18.6. The van der Waals surface area contributed by atoms with E-state index in [-0.39, 0.29) is 28.7 Å². The zero-order chi connectivity index (χ0) is 22.2. The van der Waals surface area contributed by atoms with Gasteiger partial charge in [0.2, 0.25) is 0 Å². The Balaban J connectivity index is 2.99. The Labute approximate surface area is 178 Å². The highest BCUT2D eigenvalue weighted by atomic mass is 32.2. The molecule has 5 nitrogen and oxygen atoms in total. The second-order valence-corrected chi connectivity index (χ2v) is 10.5. The molecule has 0 saturated heterocycles. The Hall–Kier alpha value is -1.82. The lowest BCUT2D eigenvalue weighted by atomic mass is 9.94. The molecule has 6 heteroatoms. The lowest BCUT2D eigenvalue weighted by Gasteiger charge is -2.27. The number of carbonyl (C=O) groups excluding carboxylic acids is 3. The quantitative estimate of drug-likeness (QED) is 0.517. The third kappa shape index (κ3) is 11.1. The van der Waals surface area contributed by atoms with Gasteiger partial charge in [-0.1, -0.05) is 42.1 Å². The van der Waals surface area contributed by atoms with Crippen molar-refractivity contribution in [3.8, 4) is 0 Å². The summed E-state index contributed by atoms with van der Waals surface area (Å²) in [6.45, 7) is 12.4.